The van der Waals surface area contributed by atoms with Crippen molar-refractivity contribution >= 4 is 11.9 Å². The Morgan fingerprint density at radius 3 is 2.35 bits per heavy atom. The zero-order chi connectivity index (χ0) is 15.1. The van der Waals surface area contributed by atoms with E-state index in [9.17, 15) is 9.59 Å². The lowest BCUT2D eigenvalue weighted by Gasteiger charge is -2.38. The predicted octanol–water partition coefficient (Wildman–Crippen LogP) is 1.66. The number of rotatable bonds is 6. The predicted molar refractivity (Wildman–Crippen MR) is 78.4 cm³/mol. The number of amides is 1. The largest absolute Gasteiger partial charge is 0.466 e. The molecule has 1 amide bonds. The van der Waals surface area contributed by atoms with Crippen molar-refractivity contribution in [1.82, 2.24) is 9.80 Å². The van der Waals surface area contributed by atoms with E-state index in [4.69, 9.17) is 4.74 Å². The maximum absolute atomic E-state index is 12.1. The SMILES string of the molecule is CCOC(=O)CCC(=O)N(C)C1CCN(C(C)C)CC1. The Balaban J connectivity index is 2.33. The van der Waals surface area contributed by atoms with E-state index in [0.29, 0.717) is 18.7 Å². The van der Waals surface area contributed by atoms with E-state index in [-0.39, 0.29) is 24.7 Å². The van der Waals surface area contributed by atoms with Crippen LogP contribution in [0, 0.1) is 0 Å². The molecule has 5 heteroatoms. The fraction of sp³-hybridized carbons (Fsp3) is 0.867. The molecule has 0 N–H and O–H groups in total. The van der Waals surface area contributed by atoms with Crippen LogP contribution in [0.2, 0.25) is 0 Å². The van der Waals surface area contributed by atoms with Crippen LogP contribution in [0.25, 0.3) is 0 Å². The van der Waals surface area contributed by atoms with Gasteiger partial charge in [0.2, 0.25) is 5.91 Å². The van der Waals surface area contributed by atoms with Gasteiger partial charge in [-0.05, 0) is 33.6 Å². The highest BCUT2D eigenvalue weighted by molar-refractivity contribution is 5.81. The molecule has 1 aliphatic rings. The van der Waals surface area contributed by atoms with Crippen molar-refractivity contribution in [1.29, 1.82) is 0 Å². The Kier molecular flexibility index (Phi) is 6.99. The van der Waals surface area contributed by atoms with Crippen molar-refractivity contribution in [2.75, 3.05) is 26.7 Å². The Hall–Kier alpha value is -1.10. The van der Waals surface area contributed by atoms with Gasteiger partial charge in [-0.1, -0.05) is 0 Å². The molecule has 0 aromatic heterocycles. The van der Waals surface area contributed by atoms with Crippen LogP contribution in [0.4, 0.5) is 0 Å². The lowest BCUT2D eigenvalue weighted by molar-refractivity contribution is -0.146. The number of nitrogens with zero attached hydrogens (tertiary/aromatic N) is 2. The molecule has 5 nitrogen and oxygen atoms in total. The van der Waals surface area contributed by atoms with Crippen LogP contribution in [0.5, 0.6) is 0 Å². The quantitative estimate of drug-likeness (QED) is 0.696. The standard InChI is InChI=1S/C15H28N2O3/c1-5-20-15(19)7-6-14(18)16(4)13-8-10-17(11-9-13)12(2)3/h12-13H,5-11H2,1-4H3. The smallest absolute Gasteiger partial charge is 0.306 e. The molecule has 0 atom stereocenters. The van der Waals surface area contributed by atoms with E-state index in [2.05, 4.69) is 18.7 Å². The van der Waals surface area contributed by atoms with E-state index in [0.717, 1.165) is 25.9 Å². The number of hydrogen-bond donors (Lipinski definition) is 0. The molecule has 0 radical (unpaired) electrons. The Morgan fingerprint density at radius 2 is 1.85 bits per heavy atom. The van der Waals surface area contributed by atoms with Gasteiger partial charge < -0.3 is 14.5 Å². The summed E-state index contributed by atoms with van der Waals surface area (Å²) in [5.74, 6) is -0.245. The summed E-state index contributed by atoms with van der Waals surface area (Å²) in [6.07, 6.45) is 2.46. The highest BCUT2D eigenvalue weighted by Gasteiger charge is 2.26. The average Bonchev–Trinajstić information content (AvgIpc) is 2.44. The van der Waals surface area contributed by atoms with E-state index in [1.807, 2.05) is 11.9 Å². The molecule has 1 heterocycles. The third-order valence-corrected chi connectivity index (χ3v) is 4.02. The van der Waals surface area contributed by atoms with Gasteiger partial charge >= 0.3 is 5.97 Å². The van der Waals surface area contributed by atoms with E-state index in [1.165, 1.54) is 0 Å². The summed E-state index contributed by atoms with van der Waals surface area (Å²) in [6.45, 7) is 8.63. The molecule has 1 saturated heterocycles. The summed E-state index contributed by atoms with van der Waals surface area (Å²) in [7, 11) is 1.85. The monoisotopic (exact) mass is 284 g/mol. The fourth-order valence-corrected chi connectivity index (χ4v) is 2.61. The van der Waals surface area contributed by atoms with E-state index < -0.39 is 0 Å². The van der Waals surface area contributed by atoms with Gasteiger partial charge in [0, 0.05) is 38.6 Å². The first-order valence-corrected chi connectivity index (χ1v) is 7.61. The van der Waals surface area contributed by atoms with Crippen molar-refractivity contribution in [3.05, 3.63) is 0 Å². The van der Waals surface area contributed by atoms with Crippen LogP contribution in [0.3, 0.4) is 0 Å². The van der Waals surface area contributed by atoms with Crippen molar-refractivity contribution in [3.63, 3.8) is 0 Å². The van der Waals surface area contributed by atoms with Gasteiger partial charge in [0.05, 0.1) is 13.0 Å². The highest BCUT2D eigenvalue weighted by Crippen LogP contribution is 2.18. The van der Waals surface area contributed by atoms with Crippen LogP contribution in [0.15, 0.2) is 0 Å². The molecule has 0 bridgehead atoms. The number of hydrogen-bond acceptors (Lipinski definition) is 4. The van der Waals surface area contributed by atoms with Crippen molar-refractivity contribution in [3.8, 4) is 0 Å². The van der Waals surface area contributed by atoms with Gasteiger partial charge in [-0.25, -0.2) is 0 Å². The Labute approximate surface area is 122 Å². The van der Waals surface area contributed by atoms with Crippen LogP contribution in [-0.2, 0) is 14.3 Å². The summed E-state index contributed by atoms with van der Waals surface area (Å²) in [4.78, 5) is 27.6. The molecular formula is C15H28N2O3. The van der Waals surface area contributed by atoms with Crippen LogP contribution in [-0.4, -0.2) is 60.5 Å². The summed E-state index contributed by atoms with van der Waals surface area (Å²) in [6, 6.07) is 0.875. The molecule has 1 fully saturated rings. The third kappa shape index (κ3) is 5.12. The van der Waals surface area contributed by atoms with Crippen LogP contribution < -0.4 is 0 Å². The zero-order valence-electron chi connectivity index (χ0n) is 13.2. The molecule has 0 aromatic rings. The first-order valence-electron chi connectivity index (χ1n) is 7.61. The summed E-state index contributed by atoms with van der Waals surface area (Å²) in [5, 5.41) is 0. The number of esters is 1. The van der Waals surface area contributed by atoms with Crippen molar-refractivity contribution in [2.45, 2.75) is 58.5 Å². The summed E-state index contributed by atoms with van der Waals surface area (Å²) < 4.78 is 4.84. The number of carbonyl (C=O) groups is 2. The number of ether oxygens (including phenoxy) is 1. The van der Waals surface area contributed by atoms with Gasteiger partial charge in [0.25, 0.3) is 0 Å². The second kappa shape index (κ2) is 8.25. The number of likely N-dealkylation sites (tertiary alicyclic amines) is 1. The maximum atomic E-state index is 12.1. The van der Waals surface area contributed by atoms with Crippen molar-refractivity contribution in [2.24, 2.45) is 0 Å². The van der Waals surface area contributed by atoms with Crippen molar-refractivity contribution < 1.29 is 14.3 Å². The number of piperidine rings is 1. The van der Waals surface area contributed by atoms with Gasteiger partial charge in [0.15, 0.2) is 0 Å². The van der Waals surface area contributed by atoms with Crippen LogP contribution >= 0.6 is 0 Å². The molecule has 0 saturated carbocycles. The van der Waals surface area contributed by atoms with E-state index in [1.54, 1.807) is 6.92 Å². The molecule has 0 spiro atoms. The first-order chi connectivity index (χ1) is 9.45. The summed E-state index contributed by atoms with van der Waals surface area (Å²) >= 11 is 0. The molecule has 0 unspecified atom stereocenters. The second-order valence-electron chi connectivity index (χ2n) is 5.67. The molecule has 1 aliphatic heterocycles. The second-order valence-corrected chi connectivity index (χ2v) is 5.67. The minimum absolute atomic E-state index is 0.0426. The fourth-order valence-electron chi connectivity index (χ4n) is 2.61. The lowest BCUT2D eigenvalue weighted by atomic mass is 10.0. The molecule has 0 aliphatic carbocycles. The maximum Gasteiger partial charge on any atom is 0.306 e. The summed E-state index contributed by atoms with van der Waals surface area (Å²) in [5.41, 5.74) is 0. The topological polar surface area (TPSA) is 49.9 Å². The molecule has 20 heavy (non-hydrogen) atoms. The molecule has 0 aromatic carbocycles. The Bertz CT molecular complexity index is 323. The zero-order valence-corrected chi connectivity index (χ0v) is 13.2. The first kappa shape index (κ1) is 17.0. The van der Waals surface area contributed by atoms with E-state index >= 15 is 0 Å². The molecule has 1 rings (SSSR count). The number of carbonyl (C=O) groups excluding carboxylic acids is 2. The molecular weight excluding hydrogens is 256 g/mol. The highest BCUT2D eigenvalue weighted by atomic mass is 16.5. The van der Waals surface area contributed by atoms with Gasteiger partial charge in [0.1, 0.15) is 0 Å². The average molecular weight is 284 g/mol. The van der Waals surface area contributed by atoms with Gasteiger partial charge in [-0.2, -0.15) is 0 Å². The minimum Gasteiger partial charge on any atom is -0.466 e. The normalized spacial score (nSPS) is 17.2. The lowest BCUT2D eigenvalue weighted by Crippen LogP contribution is -2.47. The minimum atomic E-state index is -0.288. The van der Waals surface area contributed by atoms with Gasteiger partial charge in [-0.15, -0.1) is 0 Å². The van der Waals surface area contributed by atoms with Gasteiger partial charge in [-0.3, -0.25) is 9.59 Å². The Morgan fingerprint density at radius 1 is 1.25 bits per heavy atom. The molecule has 116 valence electrons. The third-order valence-electron chi connectivity index (χ3n) is 4.02. The van der Waals surface area contributed by atoms with Crippen LogP contribution in [0.1, 0.15) is 46.5 Å².